The molecule has 1 aromatic heterocycles. The maximum absolute atomic E-state index is 10.6. The predicted molar refractivity (Wildman–Crippen MR) is 71.4 cm³/mol. The van der Waals surface area contributed by atoms with E-state index in [-0.39, 0.29) is 0 Å². The summed E-state index contributed by atoms with van der Waals surface area (Å²) in [6.45, 7) is 0. The molecule has 0 aliphatic rings. The zero-order valence-electron chi connectivity index (χ0n) is 10.1. The second kappa shape index (κ2) is 5.58. The van der Waals surface area contributed by atoms with Gasteiger partial charge >= 0.3 is 5.97 Å². The lowest BCUT2D eigenvalue weighted by molar-refractivity contribution is -0.131. The number of halogens is 1. The number of hydrogen-bond donors (Lipinski definition) is 1. The Hall–Kier alpha value is -2.27. The third-order valence-corrected chi connectivity index (χ3v) is 2.52. The van der Waals surface area contributed by atoms with Crippen LogP contribution in [0.15, 0.2) is 36.7 Å². The van der Waals surface area contributed by atoms with Crippen molar-refractivity contribution in [1.82, 2.24) is 9.78 Å². The van der Waals surface area contributed by atoms with Gasteiger partial charge in [-0.15, -0.1) is 0 Å². The van der Waals surface area contributed by atoms with Gasteiger partial charge in [-0.25, -0.2) is 4.79 Å². The number of aryl methyl sites for hydroxylation is 1. The van der Waals surface area contributed by atoms with E-state index in [0.29, 0.717) is 22.1 Å². The van der Waals surface area contributed by atoms with Crippen LogP contribution >= 0.6 is 11.6 Å². The van der Waals surface area contributed by atoms with Gasteiger partial charge in [-0.2, -0.15) is 5.10 Å². The molecular weight excluding hydrogens is 268 g/mol. The molecule has 1 N–H and O–H groups in total. The first-order valence-electron chi connectivity index (χ1n) is 5.41. The van der Waals surface area contributed by atoms with Crippen molar-refractivity contribution in [1.29, 1.82) is 0 Å². The number of carboxylic acid groups (broad SMARTS) is 1. The van der Waals surface area contributed by atoms with Crippen molar-refractivity contribution in [3.63, 3.8) is 0 Å². The lowest BCUT2D eigenvalue weighted by atomic mass is 10.2. The SMILES string of the molecule is Cn1cc(Oc2ccc(Cl)cc2/C=C/C(=O)O)cn1. The molecule has 6 heteroatoms. The smallest absolute Gasteiger partial charge is 0.328 e. The van der Waals surface area contributed by atoms with E-state index < -0.39 is 5.97 Å². The van der Waals surface area contributed by atoms with Crippen LogP contribution in [0.3, 0.4) is 0 Å². The zero-order chi connectivity index (χ0) is 13.8. The molecule has 2 aromatic rings. The number of aromatic nitrogens is 2. The highest BCUT2D eigenvalue weighted by atomic mass is 35.5. The molecule has 1 aromatic carbocycles. The number of ether oxygens (including phenoxy) is 1. The fourth-order valence-corrected chi connectivity index (χ4v) is 1.66. The number of aliphatic carboxylic acids is 1. The molecule has 2 rings (SSSR count). The van der Waals surface area contributed by atoms with Gasteiger partial charge in [0.2, 0.25) is 0 Å². The van der Waals surface area contributed by atoms with Crippen molar-refractivity contribution >= 4 is 23.6 Å². The lowest BCUT2D eigenvalue weighted by Crippen LogP contribution is -1.89. The number of hydrogen-bond acceptors (Lipinski definition) is 3. The average molecular weight is 279 g/mol. The minimum atomic E-state index is -1.03. The van der Waals surface area contributed by atoms with Crippen LogP contribution in [0, 0.1) is 0 Å². The first kappa shape index (κ1) is 13.2. The summed E-state index contributed by atoms with van der Waals surface area (Å²) >= 11 is 5.89. The predicted octanol–water partition coefficient (Wildman–Crippen LogP) is 2.96. The van der Waals surface area contributed by atoms with Crippen molar-refractivity contribution in [2.75, 3.05) is 0 Å². The summed E-state index contributed by atoms with van der Waals surface area (Å²) < 4.78 is 7.24. The first-order valence-corrected chi connectivity index (χ1v) is 5.79. The molecule has 0 aliphatic heterocycles. The van der Waals surface area contributed by atoms with Crippen LogP contribution in [0.5, 0.6) is 11.5 Å². The van der Waals surface area contributed by atoms with Crippen molar-refractivity contribution in [3.05, 3.63) is 47.3 Å². The maximum Gasteiger partial charge on any atom is 0.328 e. The van der Waals surface area contributed by atoms with Crippen molar-refractivity contribution in [2.24, 2.45) is 7.05 Å². The Labute approximate surface area is 114 Å². The van der Waals surface area contributed by atoms with Crippen LogP contribution in [0.1, 0.15) is 5.56 Å². The molecule has 0 bridgehead atoms. The molecule has 0 fully saturated rings. The van der Waals surface area contributed by atoms with Crippen LogP contribution in [-0.2, 0) is 11.8 Å². The normalized spacial score (nSPS) is 10.8. The fraction of sp³-hybridized carbons (Fsp3) is 0.0769. The van der Waals surface area contributed by atoms with Gasteiger partial charge in [0.05, 0.1) is 12.4 Å². The Morgan fingerprint density at radius 2 is 2.32 bits per heavy atom. The molecule has 98 valence electrons. The summed E-state index contributed by atoms with van der Waals surface area (Å²) in [5.74, 6) is 0.0389. The zero-order valence-corrected chi connectivity index (χ0v) is 10.8. The Morgan fingerprint density at radius 1 is 1.53 bits per heavy atom. The molecule has 0 radical (unpaired) electrons. The summed E-state index contributed by atoms with van der Waals surface area (Å²) in [6, 6.07) is 4.98. The van der Waals surface area contributed by atoms with Gasteiger partial charge in [-0.1, -0.05) is 11.6 Å². The molecule has 0 amide bonds. The van der Waals surface area contributed by atoms with E-state index in [9.17, 15) is 4.79 Å². The summed E-state index contributed by atoms with van der Waals surface area (Å²) in [7, 11) is 1.78. The molecule has 5 nitrogen and oxygen atoms in total. The van der Waals surface area contributed by atoms with Crippen molar-refractivity contribution < 1.29 is 14.6 Å². The highest BCUT2D eigenvalue weighted by Gasteiger charge is 2.05. The average Bonchev–Trinajstić information content (AvgIpc) is 2.75. The number of nitrogens with zero attached hydrogens (tertiary/aromatic N) is 2. The van der Waals surface area contributed by atoms with Gasteiger partial charge in [0.25, 0.3) is 0 Å². The van der Waals surface area contributed by atoms with Crippen LogP contribution in [0.25, 0.3) is 6.08 Å². The van der Waals surface area contributed by atoms with E-state index >= 15 is 0 Å². The maximum atomic E-state index is 10.6. The molecular formula is C13H11ClN2O3. The third-order valence-electron chi connectivity index (χ3n) is 2.29. The highest BCUT2D eigenvalue weighted by Crippen LogP contribution is 2.28. The molecule has 0 spiro atoms. The van der Waals surface area contributed by atoms with Gasteiger partial charge in [0.1, 0.15) is 5.75 Å². The van der Waals surface area contributed by atoms with E-state index in [1.807, 2.05) is 0 Å². The van der Waals surface area contributed by atoms with Crippen LogP contribution in [0.2, 0.25) is 5.02 Å². The van der Waals surface area contributed by atoms with Gasteiger partial charge in [0.15, 0.2) is 5.75 Å². The number of rotatable bonds is 4. The molecule has 0 aliphatic carbocycles. The standard InChI is InChI=1S/C13H11ClN2O3/c1-16-8-11(7-15-16)19-12-4-3-10(14)6-9(12)2-5-13(17)18/h2-8H,1H3,(H,17,18)/b5-2+. The van der Waals surface area contributed by atoms with Crippen LogP contribution in [0.4, 0.5) is 0 Å². The molecule has 0 unspecified atom stereocenters. The van der Waals surface area contributed by atoms with E-state index in [0.717, 1.165) is 6.08 Å². The lowest BCUT2D eigenvalue weighted by Gasteiger charge is -2.07. The second-order valence-corrected chi connectivity index (χ2v) is 4.24. The summed E-state index contributed by atoms with van der Waals surface area (Å²) in [5, 5.41) is 13.1. The minimum absolute atomic E-state index is 0.503. The van der Waals surface area contributed by atoms with Crippen LogP contribution in [-0.4, -0.2) is 20.9 Å². The second-order valence-electron chi connectivity index (χ2n) is 3.81. The Balaban J connectivity index is 2.31. The van der Waals surface area contributed by atoms with Gasteiger partial charge in [0, 0.05) is 23.7 Å². The number of benzene rings is 1. The topological polar surface area (TPSA) is 64.3 Å². The number of carbonyl (C=O) groups is 1. The summed E-state index contributed by atoms with van der Waals surface area (Å²) in [4.78, 5) is 10.6. The molecule has 0 saturated heterocycles. The van der Waals surface area contributed by atoms with E-state index in [4.69, 9.17) is 21.4 Å². The number of carboxylic acids is 1. The largest absolute Gasteiger partial charge is 0.478 e. The van der Waals surface area contributed by atoms with Crippen LogP contribution < -0.4 is 4.74 Å². The Bertz CT molecular complexity index is 635. The molecule has 1 heterocycles. The fourth-order valence-electron chi connectivity index (χ4n) is 1.48. The van der Waals surface area contributed by atoms with E-state index in [1.54, 1.807) is 42.3 Å². The minimum Gasteiger partial charge on any atom is -0.478 e. The molecule has 0 saturated carbocycles. The monoisotopic (exact) mass is 278 g/mol. The quantitative estimate of drug-likeness (QED) is 0.873. The van der Waals surface area contributed by atoms with Gasteiger partial charge in [-0.05, 0) is 24.3 Å². The van der Waals surface area contributed by atoms with Gasteiger partial charge < -0.3 is 9.84 Å². The molecule has 19 heavy (non-hydrogen) atoms. The van der Waals surface area contributed by atoms with Crippen molar-refractivity contribution in [3.8, 4) is 11.5 Å². The van der Waals surface area contributed by atoms with Gasteiger partial charge in [-0.3, -0.25) is 4.68 Å². The molecule has 0 atom stereocenters. The van der Waals surface area contributed by atoms with E-state index in [2.05, 4.69) is 5.10 Å². The summed E-state index contributed by atoms with van der Waals surface area (Å²) in [6.07, 6.45) is 5.74. The first-order chi connectivity index (χ1) is 9.04. The third kappa shape index (κ3) is 3.59. The summed E-state index contributed by atoms with van der Waals surface area (Å²) in [5.41, 5.74) is 0.582. The van der Waals surface area contributed by atoms with Crippen molar-refractivity contribution in [2.45, 2.75) is 0 Å². The highest BCUT2D eigenvalue weighted by molar-refractivity contribution is 6.30. The Morgan fingerprint density at radius 3 is 2.95 bits per heavy atom. The Kier molecular flexibility index (Phi) is 3.87. The van der Waals surface area contributed by atoms with E-state index in [1.165, 1.54) is 6.08 Å².